The van der Waals surface area contributed by atoms with E-state index in [0.29, 0.717) is 36.3 Å². The van der Waals surface area contributed by atoms with Gasteiger partial charge >= 0.3 is 17.9 Å². The van der Waals surface area contributed by atoms with E-state index in [0.717, 1.165) is 37.7 Å². The second-order valence-electron chi connectivity index (χ2n) is 16.7. The molecule has 0 bridgehead atoms. The summed E-state index contributed by atoms with van der Waals surface area (Å²) in [7, 11) is 0. The molecular weight excluding hydrogens is 628 g/mol. The Labute approximate surface area is 296 Å². The number of carbonyl (C=O) groups excluding carboxylic acids is 4. The first kappa shape index (κ1) is 34.7. The number of hydrogen-bond acceptors (Lipinski definition) is 7. The van der Waals surface area contributed by atoms with Crippen LogP contribution in [0.1, 0.15) is 107 Å². The zero-order chi connectivity index (χ0) is 35.4. The minimum absolute atomic E-state index is 0.0303. The fraction of sp³-hybridized carbons (Fsp3) is 0.581. The van der Waals surface area contributed by atoms with Crippen molar-refractivity contribution in [2.45, 2.75) is 104 Å². The van der Waals surface area contributed by atoms with Crippen LogP contribution in [0, 0.1) is 52.3 Å². The quantitative estimate of drug-likeness (QED) is 0.214. The summed E-state index contributed by atoms with van der Waals surface area (Å²) in [5.41, 5.74) is 1.45. The summed E-state index contributed by atoms with van der Waals surface area (Å²) >= 11 is 0. The fourth-order valence-corrected chi connectivity index (χ4v) is 11.1. The lowest BCUT2D eigenvalue weighted by Gasteiger charge is -2.62. The molecule has 8 unspecified atom stereocenters. The number of benzene rings is 2. The van der Waals surface area contributed by atoms with Gasteiger partial charge in [-0.25, -0.2) is 9.59 Å². The van der Waals surface area contributed by atoms with Crippen molar-refractivity contribution >= 4 is 23.7 Å². The van der Waals surface area contributed by atoms with Crippen LogP contribution in [0.3, 0.4) is 0 Å². The molecular formula is C43H52O7. The maximum atomic E-state index is 14.2. The van der Waals surface area contributed by atoms with E-state index in [1.807, 2.05) is 42.5 Å². The van der Waals surface area contributed by atoms with Crippen molar-refractivity contribution in [3.63, 3.8) is 0 Å². The average Bonchev–Trinajstić information content (AvgIpc) is 3.38. The Bertz CT molecular complexity index is 1650. The third-order valence-corrected chi connectivity index (χ3v) is 13.9. The number of esters is 3. The molecule has 7 rings (SSSR count). The van der Waals surface area contributed by atoms with E-state index in [1.54, 1.807) is 24.3 Å². The van der Waals surface area contributed by atoms with E-state index in [9.17, 15) is 19.2 Å². The standard InChI is InChI=1S/C43H52O7/c1-25(2)29-20-36(49-38(45)21-29)26(3)34-24-35(44)39-32-17-16-30-22-31(48-40(46)27-12-8-6-9-13-27)23-37(50-41(47)28-14-10-7-11-15-28)43(30,5)33(32)18-19-42(34,39)4/h6-15,24-26,29-33,36-37,39H,16-23H2,1-5H3/t26-,29?,30?,31?,32?,33?,36?,37?,39?,42-,43+/m1/s1. The van der Waals surface area contributed by atoms with Gasteiger partial charge in [-0.05, 0) is 104 Å². The molecule has 0 spiro atoms. The highest BCUT2D eigenvalue weighted by atomic mass is 16.6. The number of fused-ring (bicyclic) bond motifs is 5. The summed E-state index contributed by atoms with van der Waals surface area (Å²) in [5.74, 6) is 0.305. The number of cyclic esters (lactones) is 1. The van der Waals surface area contributed by atoms with Crippen molar-refractivity contribution < 1.29 is 33.4 Å². The lowest BCUT2D eigenvalue weighted by atomic mass is 9.43. The number of carbonyl (C=O) groups is 4. The predicted octanol–water partition coefficient (Wildman–Crippen LogP) is 8.42. The van der Waals surface area contributed by atoms with Crippen LogP contribution < -0.4 is 0 Å². The van der Waals surface area contributed by atoms with E-state index >= 15 is 0 Å². The Hall–Kier alpha value is -3.74. The van der Waals surface area contributed by atoms with Gasteiger partial charge in [0.2, 0.25) is 0 Å². The maximum absolute atomic E-state index is 14.2. The van der Waals surface area contributed by atoms with Crippen molar-refractivity contribution in [3.8, 4) is 0 Å². The lowest BCUT2D eigenvalue weighted by Crippen LogP contribution is -2.61. The molecule has 7 heteroatoms. The van der Waals surface area contributed by atoms with Crippen LogP contribution in [0.5, 0.6) is 0 Å². The van der Waals surface area contributed by atoms with E-state index in [2.05, 4.69) is 34.6 Å². The molecule has 1 heterocycles. The maximum Gasteiger partial charge on any atom is 0.338 e. The number of rotatable bonds is 7. The van der Waals surface area contributed by atoms with Gasteiger partial charge in [-0.2, -0.15) is 0 Å². The zero-order valence-corrected chi connectivity index (χ0v) is 30.1. The normalized spacial score (nSPS) is 37.0. The molecule has 0 amide bonds. The number of allylic oxidation sites excluding steroid dienone is 1. The molecule has 4 aliphatic carbocycles. The Kier molecular flexibility index (Phi) is 9.32. The third kappa shape index (κ3) is 6.02. The van der Waals surface area contributed by atoms with Gasteiger partial charge in [0.15, 0.2) is 5.78 Å². The molecule has 5 aliphatic rings. The molecule has 2 aromatic carbocycles. The predicted molar refractivity (Wildman–Crippen MR) is 189 cm³/mol. The summed E-state index contributed by atoms with van der Waals surface area (Å²) < 4.78 is 18.6. The van der Waals surface area contributed by atoms with Crippen molar-refractivity contribution in [2.24, 2.45) is 52.3 Å². The fourth-order valence-electron chi connectivity index (χ4n) is 11.1. The molecule has 0 radical (unpaired) electrons. The van der Waals surface area contributed by atoms with Crippen molar-refractivity contribution in [3.05, 3.63) is 83.4 Å². The Morgan fingerprint density at radius 1 is 0.820 bits per heavy atom. The summed E-state index contributed by atoms with van der Waals surface area (Å²) in [6.07, 6.45) is 6.79. The van der Waals surface area contributed by atoms with Gasteiger partial charge in [-0.1, -0.05) is 76.6 Å². The zero-order valence-electron chi connectivity index (χ0n) is 30.1. The van der Waals surface area contributed by atoms with Gasteiger partial charge in [0.25, 0.3) is 0 Å². The highest BCUT2D eigenvalue weighted by Crippen LogP contribution is 2.67. The van der Waals surface area contributed by atoms with E-state index in [-0.39, 0.29) is 82.2 Å². The number of ether oxygens (including phenoxy) is 3. The van der Waals surface area contributed by atoms with Gasteiger partial charge in [-0.15, -0.1) is 0 Å². The molecule has 4 fully saturated rings. The van der Waals surface area contributed by atoms with Crippen LogP contribution in [-0.2, 0) is 23.8 Å². The van der Waals surface area contributed by atoms with Crippen molar-refractivity contribution in [1.82, 2.24) is 0 Å². The second kappa shape index (κ2) is 13.4. The van der Waals surface area contributed by atoms with Gasteiger partial charge in [0.05, 0.1) is 11.1 Å². The number of hydrogen-bond donors (Lipinski definition) is 0. The van der Waals surface area contributed by atoms with Gasteiger partial charge in [-0.3, -0.25) is 9.59 Å². The largest absolute Gasteiger partial charge is 0.462 e. The van der Waals surface area contributed by atoms with Crippen LogP contribution in [0.4, 0.5) is 0 Å². The molecule has 1 saturated heterocycles. The number of ketones is 1. The van der Waals surface area contributed by atoms with Gasteiger partial charge in [0, 0.05) is 30.1 Å². The first-order valence-corrected chi connectivity index (χ1v) is 18.9. The van der Waals surface area contributed by atoms with Crippen LogP contribution in [0.15, 0.2) is 72.3 Å². The second-order valence-corrected chi connectivity index (χ2v) is 16.7. The lowest BCUT2D eigenvalue weighted by molar-refractivity contribution is -0.181. The molecule has 2 aromatic rings. The average molecular weight is 681 g/mol. The molecule has 3 saturated carbocycles. The minimum atomic E-state index is -0.475. The molecule has 7 nitrogen and oxygen atoms in total. The van der Waals surface area contributed by atoms with Gasteiger partial charge in [0.1, 0.15) is 18.3 Å². The Balaban J connectivity index is 1.15. The minimum Gasteiger partial charge on any atom is -0.462 e. The summed E-state index contributed by atoms with van der Waals surface area (Å²) in [6, 6.07) is 18.1. The van der Waals surface area contributed by atoms with Gasteiger partial charge < -0.3 is 14.2 Å². The summed E-state index contributed by atoms with van der Waals surface area (Å²) in [4.78, 5) is 53.7. The van der Waals surface area contributed by atoms with Crippen LogP contribution >= 0.6 is 0 Å². The highest BCUT2D eigenvalue weighted by molar-refractivity contribution is 5.97. The SMILES string of the molecule is CC(C)C1CC(=O)OC([C@H](C)C2=CC(=O)C3C4CCC5CC(OC(=O)c6ccccc6)CC(OC(=O)c6ccccc6)[C@]5(C)C4CC[C@]23C)C1. The Morgan fingerprint density at radius 3 is 2.10 bits per heavy atom. The van der Waals surface area contributed by atoms with Crippen LogP contribution in [-0.4, -0.2) is 42.0 Å². The first-order chi connectivity index (χ1) is 23.9. The van der Waals surface area contributed by atoms with E-state index in [1.165, 1.54) is 0 Å². The molecule has 50 heavy (non-hydrogen) atoms. The third-order valence-electron chi connectivity index (χ3n) is 13.9. The van der Waals surface area contributed by atoms with Crippen molar-refractivity contribution in [2.75, 3.05) is 0 Å². The molecule has 11 atom stereocenters. The molecule has 1 aliphatic heterocycles. The van der Waals surface area contributed by atoms with E-state index in [4.69, 9.17) is 14.2 Å². The Morgan fingerprint density at radius 2 is 1.46 bits per heavy atom. The topological polar surface area (TPSA) is 96.0 Å². The molecule has 0 aromatic heterocycles. The van der Waals surface area contributed by atoms with Crippen LogP contribution in [0.25, 0.3) is 0 Å². The van der Waals surface area contributed by atoms with E-state index < -0.39 is 6.10 Å². The first-order valence-electron chi connectivity index (χ1n) is 18.9. The van der Waals surface area contributed by atoms with Crippen molar-refractivity contribution in [1.29, 1.82) is 0 Å². The monoisotopic (exact) mass is 680 g/mol. The molecule has 266 valence electrons. The highest BCUT2D eigenvalue weighted by Gasteiger charge is 2.65. The molecule has 0 N–H and O–H groups in total. The summed E-state index contributed by atoms with van der Waals surface area (Å²) in [5, 5.41) is 0. The summed E-state index contributed by atoms with van der Waals surface area (Å²) in [6.45, 7) is 11.0. The van der Waals surface area contributed by atoms with Crippen LogP contribution in [0.2, 0.25) is 0 Å². The smallest absolute Gasteiger partial charge is 0.338 e.